The molecule has 0 aliphatic carbocycles. The van der Waals surface area contributed by atoms with Gasteiger partial charge in [-0.05, 0) is 41.5 Å². The Bertz CT molecular complexity index is 1260. The molecule has 4 aromatic rings. The van der Waals surface area contributed by atoms with E-state index in [1.54, 1.807) is 60.7 Å². The van der Waals surface area contributed by atoms with Gasteiger partial charge in [0.15, 0.2) is 0 Å². The topological polar surface area (TPSA) is 135 Å². The van der Waals surface area contributed by atoms with E-state index in [9.17, 15) is 20.3 Å². The van der Waals surface area contributed by atoms with E-state index in [0.29, 0.717) is 22.5 Å². The minimum Gasteiger partial charge on any atom is -0.508 e. The molecule has 0 bridgehead atoms. The Kier molecular flexibility index (Phi) is 4.73. The monoisotopic (exact) mass is 400 g/mol. The third-order valence-corrected chi connectivity index (χ3v) is 4.57. The number of phenolic OH excluding ortho intramolecular Hbond substituents is 2. The van der Waals surface area contributed by atoms with Gasteiger partial charge in [-0.3, -0.25) is 10.1 Å². The number of benzene rings is 3. The first-order valence-electron chi connectivity index (χ1n) is 8.93. The lowest BCUT2D eigenvalue weighted by Crippen LogP contribution is -1.99. The Morgan fingerprint density at radius 3 is 2.23 bits per heavy atom. The van der Waals surface area contributed by atoms with Crippen LogP contribution in [0.15, 0.2) is 72.8 Å². The van der Waals surface area contributed by atoms with Gasteiger partial charge in [0.25, 0.3) is 5.69 Å². The number of nitro groups is 1. The van der Waals surface area contributed by atoms with Gasteiger partial charge < -0.3 is 15.9 Å². The van der Waals surface area contributed by atoms with E-state index in [4.69, 9.17) is 5.73 Å². The lowest BCUT2D eigenvalue weighted by atomic mass is 10.00. The fourth-order valence-electron chi connectivity index (χ4n) is 3.11. The number of nitrogen functional groups attached to an aromatic ring is 1. The van der Waals surface area contributed by atoms with Gasteiger partial charge >= 0.3 is 0 Å². The van der Waals surface area contributed by atoms with Crippen LogP contribution in [0.5, 0.6) is 11.5 Å². The number of aromatic hydroxyl groups is 2. The number of rotatable bonds is 4. The molecular weight excluding hydrogens is 384 g/mol. The van der Waals surface area contributed by atoms with Crippen molar-refractivity contribution in [2.45, 2.75) is 0 Å². The molecule has 0 amide bonds. The summed E-state index contributed by atoms with van der Waals surface area (Å²) in [5.41, 5.74) is 9.18. The average molecular weight is 400 g/mol. The maximum atomic E-state index is 11.1. The van der Waals surface area contributed by atoms with E-state index in [1.807, 2.05) is 0 Å². The molecule has 148 valence electrons. The van der Waals surface area contributed by atoms with E-state index in [2.05, 4.69) is 9.97 Å². The summed E-state index contributed by atoms with van der Waals surface area (Å²) in [6.07, 6.45) is 0. The highest BCUT2D eigenvalue weighted by Gasteiger charge is 2.14. The van der Waals surface area contributed by atoms with Crippen molar-refractivity contribution in [2.75, 3.05) is 5.73 Å². The molecule has 0 saturated carbocycles. The summed E-state index contributed by atoms with van der Waals surface area (Å²) in [4.78, 5) is 19.0. The first kappa shape index (κ1) is 18.9. The molecule has 0 aliphatic heterocycles. The molecule has 0 unspecified atom stereocenters. The predicted molar refractivity (Wildman–Crippen MR) is 113 cm³/mol. The van der Waals surface area contributed by atoms with Crippen molar-refractivity contribution in [3.05, 3.63) is 82.9 Å². The summed E-state index contributed by atoms with van der Waals surface area (Å²) in [7, 11) is 0. The lowest BCUT2D eigenvalue weighted by Gasteiger charge is -2.10. The Labute approximate surface area is 171 Å². The number of phenols is 2. The van der Waals surface area contributed by atoms with Crippen molar-refractivity contribution in [2.24, 2.45) is 0 Å². The van der Waals surface area contributed by atoms with Crippen LogP contribution in [0.25, 0.3) is 33.6 Å². The number of nitro benzene ring substituents is 1. The third kappa shape index (κ3) is 3.74. The van der Waals surface area contributed by atoms with Crippen LogP contribution in [0.2, 0.25) is 0 Å². The van der Waals surface area contributed by atoms with Gasteiger partial charge in [-0.2, -0.15) is 0 Å². The molecule has 8 heteroatoms. The van der Waals surface area contributed by atoms with Crippen LogP contribution in [-0.4, -0.2) is 25.1 Å². The Morgan fingerprint density at radius 1 is 0.800 bits per heavy atom. The highest BCUT2D eigenvalue weighted by atomic mass is 16.6. The number of nitrogens with two attached hydrogens (primary N) is 1. The SMILES string of the molecule is Nc1nc(-c2cccc([N+](=O)[O-])c2)cc(-c2cc(-c3ccc(O)cc3)ccc2O)n1. The van der Waals surface area contributed by atoms with Gasteiger partial charge in [0, 0.05) is 23.3 Å². The predicted octanol–water partition coefficient (Wildman–Crippen LogP) is 4.38. The van der Waals surface area contributed by atoms with Gasteiger partial charge in [0.05, 0.1) is 16.3 Å². The van der Waals surface area contributed by atoms with Crippen LogP contribution >= 0.6 is 0 Å². The van der Waals surface area contributed by atoms with Crippen LogP contribution in [-0.2, 0) is 0 Å². The van der Waals surface area contributed by atoms with Crippen molar-refractivity contribution in [1.82, 2.24) is 9.97 Å². The Hall–Kier alpha value is -4.46. The third-order valence-electron chi connectivity index (χ3n) is 4.57. The second-order valence-corrected chi connectivity index (χ2v) is 6.58. The standard InChI is InChI=1S/C22H16N4O4/c23-22-24-19(15-2-1-3-16(10-15)26(29)30)12-20(25-22)18-11-14(6-9-21(18)28)13-4-7-17(27)8-5-13/h1-12,27-28H,(H2,23,24,25). The summed E-state index contributed by atoms with van der Waals surface area (Å²) in [5, 5.41) is 31.0. The molecule has 0 atom stereocenters. The fraction of sp³-hybridized carbons (Fsp3) is 0. The molecule has 30 heavy (non-hydrogen) atoms. The minimum atomic E-state index is -0.484. The molecule has 3 aromatic carbocycles. The number of non-ortho nitro benzene ring substituents is 1. The van der Waals surface area contributed by atoms with Gasteiger partial charge in [-0.25, -0.2) is 9.97 Å². The number of hydrogen-bond donors (Lipinski definition) is 3. The van der Waals surface area contributed by atoms with Crippen molar-refractivity contribution in [3.8, 4) is 45.1 Å². The van der Waals surface area contributed by atoms with Gasteiger partial charge in [0.1, 0.15) is 11.5 Å². The van der Waals surface area contributed by atoms with E-state index in [0.717, 1.165) is 11.1 Å². The molecule has 4 rings (SSSR count). The fourth-order valence-corrected chi connectivity index (χ4v) is 3.11. The molecule has 1 aromatic heterocycles. The molecule has 0 radical (unpaired) electrons. The quantitative estimate of drug-likeness (QED) is 0.342. The maximum Gasteiger partial charge on any atom is 0.270 e. The van der Waals surface area contributed by atoms with Gasteiger partial charge in [-0.1, -0.05) is 30.3 Å². The molecule has 0 fully saturated rings. The molecule has 1 heterocycles. The van der Waals surface area contributed by atoms with Gasteiger partial charge in [-0.15, -0.1) is 0 Å². The highest BCUT2D eigenvalue weighted by molar-refractivity contribution is 5.78. The van der Waals surface area contributed by atoms with Crippen molar-refractivity contribution >= 4 is 11.6 Å². The molecule has 4 N–H and O–H groups in total. The van der Waals surface area contributed by atoms with Crippen LogP contribution in [0.1, 0.15) is 0 Å². The van der Waals surface area contributed by atoms with Crippen LogP contribution in [0, 0.1) is 10.1 Å². The number of hydrogen-bond acceptors (Lipinski definition) is 7. The summed E-state index contributed by atoms with van der Waals surface area (Å²) in [6, 6.07) is 19.4. The van der Waals surface area contributed by atoms with E-state index < -0.39 is 4.92 Å². The summed E-state index contributed by atoms with van der Waals surface area (Å²) in [6.45, 7) is 0. The molecule has 0 spiro atoms. The summed E-state index contributed by atoms with van der Waals surface area (Å²) in [5.74, 6) is 0.131. The zero-order chi connectivity index (χ0) is 21.3. The maximum absolute atomic E-state index is 11.1. The van der Waals surface area contributed by atoms with Crippen LogP contribution in [0.3, 0.4) is 0 Å². The van der Waals surface area contributed by atoms with Crippen molar-refractivity contribution in [1.29, 1.82) is 0 Å². The molecule has 0 aliphatic rings. The highest BCUT2D eigenvalue weighted by Crippen LogP contribution is 2.35. The summed E-state index contributed by atoms with van der Waals surface area (Å²) < 4.78 is 0. The van der Waals surface area contributed by atoms with E-state index >= 15 is 0 Å². The first-order chi connectivity index (χ1) is 14.4. The van der Waals surface area contributed by atoms with Gasteiger partial charge in [0.2, 0.25) is 5.95 Å². The normalized spacial score (nSPS) is 10.7. The second kappa shape index (κ2) is 7.51. The Morgan fingerprint density at radius 2 is 1.50 bits per heavy atom. The number of nitrogens with zero attached hydrogens (tertiary/aromatic N) is 3. The zero-order valence-electron chi connectivity index (χ0n) is 15.6. The van der Waals surface area contributed by atoms with Crippen molar-refractivity contribution in [3.63, 3.8) is 0 Å². The number of aromatic nitrogens is 2. The van der Waals surface area contributed by atoms with Crippen LogP contribution in [0.4, 0.5) is 11.6 Å². The lowest BCUT2D eigenvalue weighted by molar-refractivity contribution is -0.384. The van der Waals surface area contributed by atoms with Crippen LogP contribution < -0.4 is 5.73 Å². The van der Waals surface area contributed by atoms with E-state index in [1.165, 1.54) is 12.1 Å². The second-order valence-electron chi connectivity index (χ2n) is 6.58. The smallest absolute Gasteiger partial charge is 0.270 e. The Balaban J connectivity index is 1.81. The average Bonchev–Trinajstić information content (AvgIpc) is 2.74. The molecule has 8 nitrogen and oxygen atoms in total. The van der Waals surface area contributed by atoms with E-state index in [-0.39, 0.29) is 23.1 Å². The number of anilines is 1. The largest absolute Gasteiger partial charge is 0.508 e. The minimum absolute atomic E-state index is 0.000575. The summed E-state index contributed by atoms with van der Waals surface area (Å²) >= 11 is 0. The van der Waals surface area contributed by atoms with Crippen molar-refractivity contribution < 1.29 is 15.1 Å². The first-order valence-corrected chi connectivity index (χ1v) is 8.93. The molecular formula is C22H16N4O4. The molecule has 0 saturated heterocycles. The zero-order valence-corrected chi connectivity index (χ0v) is 15.6.